The molecule has 2 unspecified atom stereocenters. The number of benzene rings is 2. The van der Waals surface area contributed by atoms with E-state index in [0.29, 0.717) is 5.56 Å². The molecule has 0 saturated heterocycles. The highest BCUT2D eigenvalue weighted by molar-refractivity contribution is 7.87. The number of ketones is 2. The summed E-state index contributed by atoms with van der Waals surface area (Å²) < 4.78 is 31.2. The lowest BCUT2D eigenvalue weighted by Crippen LogP contribution is -2.64. The lowest BCUT2D eigenvalue weighted by atomic mass is 9.57. The quantitative estimate of drug-likeness (QED) is 0.493. The Balaban J connectivity index is 1.65. The van der Waals surface area contributed by atoms with Crippen LogP contribution in [-0.2, 0) is 26.1 Å². The normalized spacial score (nSPS) is 27.0. The summed E-state index contributed by atoms with van der Waals surface area (Å²) in [5, 5.41) is 43.3. The molecule has 3 N–H and O–H groups in total. The van der Waals surface area contributed by atoms with Gasteiger partial charge in [0.1, 0.15) is 22.3 Å². The molecule has 38 heavy (non-hydrogen) atoms. The van der Waals surface area contributed by atoms with Gasteiger partial charge in [-0.2, -0.15) is 13.7 Å². The Hall–Kier alpha value is -3.98. The van der Waals surface area contributed by atoms with Gasteiger partial charge in [0, 0.05) is 11.5 Å². The molecule has 0 heterocycles. The van der Waals surface area contributed by atoms with Crippen LogP contribution in [0, 0.1) is 23.2 Å². The van der Waals surface area contributed by atoms with E-state index in [1.54, 1.807) is 38.4 Å². The van der Waals surface area contributed by atoms with Gasteiger partial charge in [0.15, 0.2) is 22.9 Å². The number of fused-ring (bicyclic) bond motifs is 3. The summed E-state index contributed by atoms with van der Waals surface area (Å²) in [5.41, 5.74) is -3.08. The molecule has 0 bridgehead atoms. The van der Waals surface area contributed by atoms with Crippen LogP contribution in [0.2, 0.25) is 0 Å². The molecule has 11 heteroatoms. The van der Waals surface area contributed by atoms with Gasteiger partial charge >= 0.3 is 10.1 Å². The molecule has 1 saturated carbocycles. The zero-order chi connectivity index (χ0) is 27.6. The third kappa shape index (κ3) is 3.56. The number of aliphatic hydroxyl groups is 3. The monoisotopic (exact) mass is 536 g/mol. The van der Waals surface area contributed by atoms with Crippen LogP contribution in [0.1, 0.15) is 17.5 Å². The van der Waals surface area contributed by atoms with Gasteiger partial charge in [-0.1, -0.05) is 30.3 Å². The van der Waals surface area contributed by atoms with Gasteiger partial charge in [-0.15, -0.1) is 0 Å². The van der Waals surface area contributed by atoms with E-state index in [-0.39, 0.29) is 34.6 Å². The SMILES string of the molecule is CN(C)C1C(=O)C(C#N)=C(O)C2(O)C(=O)C3=C(O)c4c(cccc4OS(=O)(=O)c4ccccc4)C[C@H]3C[C@@H]12. The number of Topliss-reactive ketones (excluding diaryl/α,β-unsaturated/α-hetero) is 2. The minimum absolute atomic E-state index is 0.0197. The van der Waals surface area contributed by atoms with Gasteiger partial charge < -0.3 is 19.5 Å². The van der Waals surface area contributed by atoms with E-state index >= 15 is 0 Å². The van der Waals surface area contributed by atoms with Crippen LogP contribution in [0.25, 0.3) is 5.76 Å². The molecule has 0 amide bonds. The molecule has 5 rings (SSSR count). The van der Waals surface area contributed by atoms with Crippen molar-refractivity contribution >= 4 is 27.4 Å². The fraction of sp³-hybridized carbons (Fsp3) is 0.296. The summed E-state index contributed by atoms with van der Waals surface area (Å²) in [5.74, 6) is -5.32. The number of carbonyl (C=O) groups excluding carboxylic acids is 2. The van der Waals surface area contributed by atoms with Gasteiger partial charge in [0.2, 0.25) is 5.78 Å². The summed E-state index contributed by atoms with van der Waals surface area (Å²) in [6.07, 6.45) is 0.214. The topological polar surface area (TPSA) is 165 Å². The number of hydrogen-bond donors (Lipinski definition) is 3. The zero-order valence-electron chi connectivity index (χ0n) is 20.5. The first-order valence-corrected chi connectivity index (χ1v) is 13.2. The molecule has 2 aromatic carbocycles. The summed E-state index contributed by atoms with van der Waals surface area (Å²) >= 11 is 0. The lowest BCUT2D eigenvalue weighted by molar-refractivity contribution is -0.152. The first-order chi connectivity index (χ1) is 17.9. The standard InChI is InChI=1S/C27H24N2O8S/c1-29(2)22-18-12-15-11-14-7-6-10-19(37-38(35,36)16-8-4-3-5-9-16)20(14)24(31)21(15)26(33)27(18,34)25(32)17(13-28)23(22)30/h3-10,15,18,22,31-32,34H,11-12H2,1-2H3/t15-,18-,22?,27?/m0/s1. The molecule has 0 spiro atoms. The molecule has 3 aliphatic rings. The van der Waals surface area contributed by atoms with E-state index in [2.05, 4.69) is 0 Å². The van der Waals surface area contributed by atoms with Crippen molar-refractivity contribution in [3.8, 4) is 11.8 Å². The molecule has 0 radical (unpaired) electrons. The van der Waals surface area contributed by atoms with Crippen molar-refractivity contribution in [3.05, 3.63) is 76.6 Å². The second-order valence-corrected chi connectivity index (χ2v) is 11.4. The van der Waals surface area contributed by atoms with E-state index in [1.165, 1.54) is 35.2 Å². The Morgan fingerprint density at radius 1 is 1.08 bits per heavy atom. The highest BCUT2D eigenvalue weighted by atomic mass is 32.2. The number of nitriles is 1. The van der Waals surface area contributed by atoms with E-state index in [9.17, 15) is 38.6 Å². The minimum atomic E-state index is -4.28. The Morgan fingerprint density at radius 3 is 2.39 bits per heavy atom. The molecule has 2 aromatic rings. The Kier molecular flexibility index (Phi) is 5.94. The third-order valence-electron chi connectivity index (χ3n) is 7.54. The van der Waals surface area contributed by atoms with Crippen LogP contribution in [0.5, 0.6) is 5.75 Å². The Labute approximate surface area is 218 Å². The maximum atomic E-state index is 13.8. The van der Waals surface area contributed by atoms with Crippen molar-refractivity contribution in [2.75, 3.05) is 14.1 Å². The highest BCUT2D eigenvalue weighted by Crippen LogP contribution is 2.52. The van der Waals surface area contributed by atoms with Crippen LogP contribution in [0.4, 0.5) is 0 Å². The highest BCUT2D eigenvalue weighted by Gasteiger charge is 2.63. The van der Waals surface area contributed by atoms with Gasteiger partial charge in [0.25, 0.3) is 0 Å². The van der Waals surface area contributed by atoms with Crippen molar-refractivity contribution in [1.29, 1.82) is 5.26 Å². The van der Waals surface area contributed by atoms with Gasteiger partial charge in [-0.3, -0.25) is 14.5 Å². The van der Waals surface area contributed by atoms with Gasteiger partial charge in [0.05, 0.1) is 11.6 Å². The third-order valence-corrected chi connectivity index (χ3v) is 8.79. The Bertz CT molecular complexity index is 1590. The first-order valence-electron chi connectivity index (χ1n) is 11.8. The molecule has 0 aliphatic heterocycles. The molecular weight excluding hydrogens is 512 g/mol. The van der Waals surface area contributed by atoms with E-state index < -0.39 is 62.3 Å². The predicted molar refractivity (Wildman–Crippen MR) is 133 cm³/mol. The minimum Gasteiger partial charge on any atom is -0.507 e. The zero-order valence-corrected chi connectivity index (χ0v) is 21.3. The number of nitrogens with zero attached hydrogens (tertiary/aromatic N) is 2. The van der Waals surface area contributed by atoms with Crippen LogP contribution in [-0.4, -0.2) is 65.9 Å². The molecule has 196 valence electrons. The van der Waals surface area contributed by atoms with Crippen molar-refractivity contribution in [2.45, 2.75) is 29.4 Å². The summed E-state index contributed by atoms with van der Waals surface area (Å²) in [7, 11) is -1.14. The van der Waals surface area contributed by atoms with Crippen molar-refractivity contribution in [2.24, 2.45) is 11.8 Å². The van der Waals surface area contributed by atoms with Crippen LogP contribution in [0.15, 0.2) is 70.3 Å². The fourth-order valence-corrected chi connectivity index (χ4v) is 6.82. The molecule has 0 aromatic heterocycles. The fourth-order valence-electron chi connectivity index (χ4n) is 5.86. The molecule has 4 atom stereocenters. The number of hydrogen-bond acceptors (Lipinski definition) is 10. The largest absolute Gasteiger partial charge is 0.507 e. The average Bonchev–Trinajstić information content (AvgIpc) is 2.87. The summed E-state index contributed by atoms with van der Waals surface area (Å²) in [6, 6.07) is 12.5. The number of likely N-dealkylation sites (N-methyl/N-ethyl adjacent to an activating group) is 1. The van der Waals surface area contributed by atoms with Gasteiger partial charge in [-0.25, -0.2) is 0 Å². The molecule has 1 fully saturated rings. The number of rotatable bonds is 4. The first kappa shape index (κ1) is 25.7. The maximum absolute atomic E-state index is 13.8. The van der Waals surface area contributed by atoms with Crippen LogP contribution in [0.3, 0.4) is 0 Å². The molecular formula is C27H24N2O8S. The number of carbonyl (C=O) groups is 2. The van der Waals surface area contributed by atoms with E-state index in [4.69, 9.17) is 4.18 Å². The summed E-state index contributed by atoms with van der Waals surface area (Å²) in [4.78, 5) is 28.2. The number of aliphatic hydroxyl groups excluding tert-OH is 2. The maximum Gasteiger partial charge on any atom is 0.339 e. The van der Waals surface area contributed by atoms with Crippen molar-refractivity contribution in [1.82, 2.24) is 4.90 Å². The lowest BCUT2D eigenvalue weighted by Gasteiger charge is -2.49. The molecule has 3 aliphatic carbocycles. The Morgan fingerprint density at radius 2 is 1.76 bits per heavy atom. The van der Waals surface area contributed by atoms with Crippen molar-refractivity contribution < 1.29 is 37.5 Å². The second-order valence-electron chi connectivity index (χ2n) is 9.85. The van der Waals surface area contributed by atoms with Crippen LogP contribution >= 0.6 is 0 Å². The van der Waals surface area contributed by atoms with Crippen LogP contribution < -0.4 is 4.18 Å². The van der Waals surface area contributed by atoms with Gasteiger partial charge in [-0.05, 0) is 56.6 Å². The van der Waals surface area contributed by atoms with Crippen molar-refractivity contribution in [3.63, 3.8) is 0 Å². The van der Waals surface area contributed by atoms with E-state index in [1.807, 2.05) is 0 Å². The smallest absolute Gasteiger partial charge is 0.339 e. The predicted octanol–water partition coefficient (Wildman–Crippen LogP) is 2.06. The second kappa shape index (κ2) is 8.80. The van der Waals surface area contributed by atoms with E-state index in [0.717, 1.165) is 0 Å². The average molecular weight is 537 g/mol. The molecule has 10 nitrogen and oxygen atoms in total. The summed E-state index contributed by atoms with van der Waals surface area (Å²) in [6.45, 7) is 0.